The number of hydrogen-bond donors (Lipinski definition) is 0. The normalized spacial score (nSPS) is 42.7. The Bertz CT molecular complexity index is 358. The van der Waals surface area contributed by atoms with Crippen LogP contribution >= 0.6 is 0 Å². The van der Waals surface area contributed by atoms with Crippen LogP contribution in [-0.2, 0) is 0 Å². The van der Waals surface area contributed by atoms with E-state index in [1.165, 1.54) is 84.1 Å². The molecule has 0 N–H and O–H groups in total. The molecule has 4 aliphatic heterocycles. The minimum atomic E-state index is 0.825. The second-order valence-electron chi connectivity index (χ2n) is 7.86. The van der Waals surface area contributed by atoms with Gasteiger partial charge in [0.05, 0.1) is 0 Å². The van der Waals surface area contributed by atoms with Crippen LogP contribution in [0, 0.1) is 0 Å². The van der Waals surface area contributed by atoms with Crippen LogP contribution in [0.4, 0.5) is 0 Å². The Balaban J connectivity index is 1.49. The summed E-state index contributed by atoms with van der Waals surface area (Å²) in [5.41, 5.74) is 0. The molecule has 3 nitrogen and oxygen atoms in total. The lowest BCUT2D eigenvalue weighted by atomic mass is 9.91. The Morgan fingerprint density at radius 3 is 2.43 bits per heavy atom. The number of piperazine rings is 1. The van der Waals surface area contributed by atoms with Crippen molar-refractivity contribution in [3.8, 4) is 0 Å². The fraction of sp³-hybridized carbons (Fsp3) is 1.00. The van der Waals surface area contributed by atoms with Crippen molar-refractivity contribution in [3.63, 3.8) is 0 Å². The molecule has 4 fully saturated rings. The van der Waals surface area contributed by atoms with Gasteiger partial charge in [-0.15, -0.1) is 0 Å². The molecule has 21 heavy (non-hydrogen) atoms. The van der Waals surface area contributed by atoms with Crippen LogP contribution in [-0.4, -0.2) is 71.6 Å². The van der Waals surface area contributed by atoms with Gasteiger partial charge in [-0.05, 0) is 51.6 Å². The topological polar surface area (TPSA) is 9.72 Å². The summed E-state index contributed by atoms with van der Waals surface area (Å²) in [6.45, 7) is 9.25. The maximum absolute atomic E-state index is 2.97. The molecular formula is C18H33N3. The van der Waals surface area contributed by atoms with E-state index in [-0.39, 0.29) is 0 Å². The number of nitrogens with zero attached hydrogens (tertiary/aromatic N) is 3. The number of rotatable bonds is 2. The first-order valence-electron chi connectivity index (χ1n) is 9.60. The van der Waals surface area contributed by atoms with Gasteiger partial charge in [0.2, 0.25) is 0 Å². The lowest BCUT2D eigenvalue weighted by Crippen LogP contribution is -2.63. The van der Waals surface area contributed by atoms with E-state index < -0.39 is 0 Å². The molecule has 0 aliphatic carbocycles. The lowest BCUT2D eigenvalue weighted by molar-refractivity contribution is -0.0261. The molecule has 0 aromatic rings. The Labute approximate surface area is 130 Å². The molecule has 4 heterocycles. The van der Waals surface area contributed by atoms with Gasteiger partial charge in [0.1, 0.15) is 0 Å². The molecule has 3 heteroatoms. The van der Waals surface area contributed by atoms with Crippen molar-refractivity contribution in [1.29, 1.82) is 0 Å². The molecular weight excluding hydrogens is 258 g/mol. The molecule has 4 atom stereocenters. The average molecular weight is 291 g/mol. The highest BCUT2D eigenvalue weighted by molar-refractivity contribution is 5.01. The van der Waals surface area contributed by atoms with E-state index in [9.17, 15) is 0 Å². The summed E-state index contributed by atoms with van der Waals surface area (Å²) >= 11 is 0. The highest BCUT2D eigenvalue weighted by Gasteiger charge is 2.44. The van der Waals surface area contributed by atoms with Crippen molar-refractivity contribution in [2.24, 2.45) is 0 Å². The maximum atomic E-state index is 2.97. The summed E-state index contributed by atoms with van der Waals surface area (Å²) in [5.74, 6) is 0. The van der Waals surface area contributed by atoms with Crippen LogP contribution in [0.25, 0.3) is 0 Å². The molecule has 0 spiro atoms. The van der Waals surface area contributed by atoms with Gasteiger partial charge in [-0.1, -0.05) is 19.8 Å². The Kier molecular flexibility index (Phi) is 4.25. The predicted octanol–water partition coefficient (Wildman–Crippen LogP) is 2.56. The van der Waals surface area contributed by atoms with Crippen molar-refractivity contribution < 1.29 is 0 Å². The van der Waals surface area contributed by atoms with E-state index in [0.717, 1.165) is 24.2 Å². The third-order valence-corrected chi connectivity index (χ3v) is 6.80. The summed E-state index contributed by atoms with van der Waals surface area (Å²) in [6.07, 6.45) is 11.5. The molecule has 4 aliphatic rings. The highest BCUT2D eigenvalue weighted by atomic mass is 15.4. The average Bonchev–Trinajstić information content (AvgIpc) is 2.97. The van der Waals surface area contributed by atoms with Gasteiger partial charge in [-0.25, -0.2) is 0 Å². The molecule has 0 amide bonds. The number of hydrogen-bond acceptors (Lipinski definition) is 3. The molecule has 0 saturated carbocycles. The largest absolute Gasteiger partial charge is 0.299 e. The minimum Gasteiger partial charge on any atom is -0.299 e. The van der Waals surface area contributed by atoms with E-state index in [2.05, 4.69) is 21.6 Å². The van der Waals surface area contributed by atoms with Crippen molar-refractivity contribution in [2.75, 3.05) is 32.7 Å². The summed E-state index contributed by atoms with van der Waals surface area (Å²) in [5, 5.41) is 0. The second kappa shape index (κ2) is 6.17. The van der Waals surface area contributed by atoms with Gasteiger partial charge in [0.25, 0.3) is 0 Å². The third-order valence-electron chi connectivity index (χ3n) is 6.80. The summed E-state index contributed by atoms with van der Waals surface area (Å²) < 4.78 is 0. The fourth-order valence-electron chi connectivity index (χ4n) is 5.65. The van der Waals surface area contributed by atoms with E-state index >= 15 is 0 Å². The Morgan fingerprint density at radius 1 is 0.762 bits per heavy atom. The quantitative estimate of drug-likeness (QED) is 0.774. The zero-order valence-electron chi connectivity index (χ0n) is 13.8. The van der Waals surface area contributed by atoms with Gasteiger partial charge in [0.15, 0.2) is 0 Å². The smallest absolute Gasteiger partial charge is 0.0267 e. The second-order valence-corrected chi connectivity index (χ2v) is 7.86. The van der Waals surface area contributed by atoms with Crippen molar-refractivity contribution >= 4 is 0 Å². The van der Waals surface area contributed by atoms with Crippen LogP contribution in [0.1, 0.15) is 58.3 Å². The van der Waals surface area contributed by atoms with Crippen LogP contribution in [0.15, 0.2) is 0 Å². The van der Waals surface area contributed by atoms with Crippen molar-refractivity contribution in [2.45, 2.75) is 82.5 Å². The van der Waals surface area contributed by atoms with Crippen molar-refractivity contribution in [3.05, 3.63) is 0 Å². The number of fused-ring (bicyclic) bond motifs is 2. The molecule has 4 saturated heterocycles. The van der Waals surface area contributed by atoms with E-state index in [1.807, 2.05) is 0 Å². The standard InChI is InChI=1S/C18H33N3/c1-2-15-13-20-11-5-3-7-16(20)14-21(15)18-9-12-19-10-6-4-8-17(18)19/h15-18H,2-14H2,1H3. The van der Waals surface area contributed by atoms with Gasteiger partial charge in [-0.3, -0.25) is 14.7 Å². The summed E-state index contributed by atoms with van der Waals surface area (Å²) in [7, 11) is 0. The van der Waals surface area contributed by atoms with Crippen molar-refractivity contribution in [1.82, 2.24) is 14.7 Å². The lowest BCUT2D eigenvalue weighted by Gasteiger charge is -2.52. The zero-order valence-corrected chi connectivity index (χ0v) is 13.8. The van der Waals surface area contributed by atoms with Gasteiger partial charge in [-0.2, -0.15) is 0 Å². The van der Waals surface area contributed by atoms with E-state index in [4.69, 9.17) is 0 Å². The van der Waals surface area contributed by atoms with Crippen LogP contribution in [0.2, 0.25) is 0 Å². The van der Waals surface area contributed by atoms with E-state index in [1.54, 1.807) is 0 Å². The first-order valence-corrected chi connectivity index (χ1v) is 9.60. The maximum Gasteiger partial charge on any atom is 0.0267 e. The molecule has 120 valence electrons. The molecule has 0 aromatic heterocycles. The first-order chi connectivity index (χ1) is 10.4. The SMILES string of the molecule is CCC1CN2CCCCC2CN1C1CCN2CCCCC12. The van der Waals surface area contributed by atoms with Gasteiger partial charge in [0, 0.05) is 43.8 Å². The third kappa shape index (κ3) is 2.66. The molecule has 0 aromatic carbocycles. The highest BCUT2D eigenvalue weighted by Crippen LogP contribution is 2.35. The monoisotopic (exact) mass is 291 g/mol. The molecule has 4 rings (SSSR count). The zero-order chi connectivity index (χ0) is 14.2. The number of piperidine rings is 2. The molecule has 0 bridgehead atoms. The Morgan fingerprint density at radius 2 is 1.57 bits per heavy atom. The first kappa shape index (κ1) is 14.5. The van der Waals surface area contributed by atoms with E-state index in [0.29, 0.717) is 0 Å². The summed E-state index contributed by atoms with van der Waals surface area (Å²) in [4.78, 5) is 8.61. The molecule has 0 radical (unpaired) electrons. The Hall–Kier alpha value is -0.120. The summed E-state index contributed by atoms with van der Waals surface area (Å²) in [6, 6.07) is 3.47. The van der Waals surface area contributed by atoms with Crippen LogP contribution in [0.5, 0.6) is 0 Å². The van der Waals surface area contributed by atoms with Crippen LogP contribution in [0.3, 0.4) is 0 Å². The predicted molar refractivity (Wildman–Crippen MR) is 87.6 cm³/mol. The van der Waals surface area contributed by atoms with Crippen LogP contribution < -0.4 is 0 Å². The molecule has 4 unspecified atom stereocenters. The fourth-order valence-corrected chi connectivity index (χ4v) is 5.65. The minimum absolute atomic E-state index is 0.825. The van der Waals surface area contributed by atoms with Gasteiger partial charge < -0.3 is 0 Å². The van der Waals surface area contributed by atoms with Gasteiger partial charge >= 0.3 is 0 Å².